The molecule has 1 unspecified atom stereocenters. The van der Waals surface area contributed by atoms with E-state index in [1.54, 1.807) is 0 Å². The van der Waals surface area contributed by atoms with Crippen LogP contribution in [-0.4, -0.2) is 30.1 Å². The molecular weight excluding hydrogens is 284 g/mol. The molecule has 0 aromatic heterocycles. The van der Waals surface area contributed by atoms with Crippen LogP contribution >= 0.6 is 11.6 Å². The maximum absolute atomic E-state index is 11.4. The number of aliphatic hydroxyl groups is 1. The molecule has 4 heteroatoms. The Kier molecular flexibility index (Phi) is 3.89. The van der Waals surface area contributed by atoms with Gasteiger partial charge in [-0.25, -0.2) is 0 Å². The minimum absolute atomic E-state index is 0.701. The normalized spacial score (nSPS) is 23.3. The quantitative estimate of drug-likeness (QED) is 0.922. The van der Waals surface area contributed by atoms with Crippen molar-refractivity contribution >= 4 is 17.3 Å². The first kappa shape index (κ1) is 14.4. The molecule has 0 saturated carbocycles. The fourth-order valence-electron chi connectivity index (χ4n) is 2.95. The van der Waals surface area contributed by atoms with Crippen molar-refractivity contribution in [2.24, 2.45) is 0 Å². The average Bonchev–Trinajstić information content (AvgIpc) is 2.52. The van der Waals surface area contributed by atoms with Crippen LogP contribution in [0.2, 0.25) is 5.02 Å². The third-order valence-electron chi connectivity index (χ3n) is 4.08. The highest BCUT2D eigenvalue weighted by Crippen LogP contribution is 2.36. The SMILES string of the molecule is CN1CCCN(c2ccc(Cl)cc2)C1(O)c1ccccc1. The number of hydrogen-bond donors (Lipinski definition) is 1. The predicted octanol–water partition coefficient (Wildman–Crippen LogP) is 3.28. The van der Waals surface area contributed by atoms with E-state index in [9.17, 15) is 5.11 Å². The molecule has 0 amide bonds. The second-order valence-corrected chi connectivity index (χ2v) is 5.84. The number of hydrogen-bond acceptors (Lipinski definition) is 3. The second kappa shape index (κ2) is 5.68. The van der Waals surface area contributed by atoms with E-state index in [2.05, 4.69) is 0 Å². The summed E-state index contributed by atoms with van der Waals surface area (Å²) in [5, 5.41) is 12.1. The number of anilines is 1. The first-order chi connectivity index (χ1) is 10.1. The zero-order chi connectivity index (χ0) is 14.9. The Morgan fingerprint density at radius 2 is 1.67 bits per heavy atom. The molecule has 1 heterocycles. The average molecular weight is 303 g/mol. The third kappa shape index (κ3) is 2.53. The molecule has 1 aliphatic heterocycles. The molecule has 3 rings (SSSR count). The van der Waals surface area contributed by atoms with Crippen molar-refractivity contribution in [2.75, 3.05) is 25.0 Å². The van der Waals surface area contributed by atoms with E-state index in [0.29, 0.717) is 5.02 Å². The van der Waals surface area contributed by atoms with Crippen LogP contribution in [0.15, 0.2) is 54.6 Å². The van der Waals surface area contributed by atoms with Crippen LogP contribution in [-0.2, 0) is 5.85 Å². The summed E-state index contributed by atoms with van der Waals surface area (Å²) in [5.74, 6) is -1.13. The topological polar surface area (TPSA) is 26.7 Å². The Hall–Kier alpha value is -1.55. The predicted molar refractivity (Wildman–Crippen MR) is 86.4 cm³/mol. The van der Waals surface area contributed by atoms with Gasteiger partial charge in [0.05, 0.1) is 0 Å². The zero-order valence-corrected chi connectivity index (χ0v) is 12.8. The Labute approximate surface area is 130 Å². The molecule has 1 saturated heterocycles. The molecule has 0 spiro atoms. The fraction of sp³-hybridized carbons (Fsp3) is 0.294. The lowest BCUT2D eigenvalue weighted by Crippen LogP contribution is -2.61. The Balaban J connectivity index is 2.06. The van der Waals surface area contributed by atoms with Gasteiger partial charge in [-0.05, 0) is 37.7 Å². The van der Waals surface area contributed by atoms with Gasteiger partial charge in [0.15, 0.2) is 0 Å². The van der Waals surface area contributed by atoms with Crippen molar-refractivity contribution in [3.8, 4) is 0 Å². The van der Waals surface area contributed by atoms with Gasteiger partial charge in [0.25, 0.3) is 0 Å². The smallest absolute Gasteiger partial charge is 0.225 e. The van der Waals surface area contributed by atoms with Crippen molar-refractivity contribution < 1.29 is 5.11 Å². The van der Waals surface area contributed by atoms with Gasteiger partial charge in [-0.2, -0.15) is 0 Å². The summed E-state index contributed by atoms with van der Waals surface area (Å²) in [6.07, 6.45) is 1.01. The van der Waals surface area contributed by atoms with E-state index >= 15 is 0 Å². The van der Waals surface area contributed by atoms with E-state index in [1.807, 2.05) is 71.4 Å². The van der Waals surface area contributed by atoms with Crippen molar-refractivity contribution in [3.05, 3.63) is 65.2 Å². The van der Waals surface area contributed by atoms with E-state index in [1.165, 1.54) is 0 Å². The monoisotopic (exact) mass is 302 g/mol. The van der Waals surface area contributed by atoms with Crippen LogP contribution in [0.3, 0.4) is 0 Å². The van der Waals surface area contributed by atoms with Gasteiger partial charge < -0.3 is 10.0 Å². The number of rotatable bonds is 2. The van der Waals surface area contributed by atoms with Crippen LogP contribution in [0.5, 0.6) is 0 Å². The van der Waals surface area contributed by atoms with Crippen LogP contribution in [0.25, 0.3) is 0 Å². The second-order valence-electron chi connectivity index (χ2n) is 5.40. The maximum Gasteiger partial charge on any atom is 0.225 e. The molecule has 2 aromatic carbocycles. The van der Waals surface area contributed by atoms with Crippen molar-refractivity contribution in [3.63, 3.8) is 0 Å². The van der Waals surface area contributed by atoms with Gasteiger partial charge >= 0.3 is 0 Å². The Morgan fingerprint density at radius 1 is 1.00 bits per heavy atom. The van der Waals surface area contributed by atoms with Gasteiger partial charge in [0.1, 0.15) is 0 Å². The molecule has 3 nitrogen and oxygen atoms in total. The zero-order valence-electron chi connectivity index (χ0n) is 12.0. The maximum atomic E-state index is 11.4. The molecule has 2 aromatic rings. The molecule has 21 heavy (non-hydrogen) atoms. The summed E-state index contributed by atoms with van der Waals surface area (Å²) >= 11 is 5.98. The molecule has 1 atom stereocenters. The van der Waals surface area contributed by atoms with Crippen LogP contribution in [0.1, 0.15) is 12.0 Å². The summed E-state index contributed by atoms with van der Waals surface area (Å²) in [6, 6.07) is 17.4. The van der Waals surface area contributed by atoms with Gasteiger partial charge in [-0.3, -0.25) is 4.90 Å². The highest BCUT2D eigenvalue weighted by molar-refractivity contribution is 6.30. The molecule has 1 fully saturated rings. The Bertz CT molecular complexity index is 602. The van der Waals surface area contributed by atoms with E-state index < -0.39 is 5.85 Å². The molecular formula is C17H19ClN2O. The minimum Gasteiger partial charge on any atom is -0.355 e. The standard InChI is InChI=1S/C17H19ClN2O/c1-19-12-5-13-20(16-10-8-15(18)9-11-16)17(19,21)14-6-3-2-4-7-14/h2-4,6-11,21H,5,12-13H2,1H3. The van der Waals surface area contributed by atoms with Gasteiger partial charge in [0.2, 0.25) is 5.85 Å². The molecule has 1 N–H and O–H groups in total. The molecule has 0 radical (unpaired) electrons. The summed E-state index contributed by atoms with van der Waals surface area (Å²) in [5.41, 5.74) is 1.85. The molecule has 1 aliphatic rings. The lowest BCUT2D eigenvalue weighted by molar-refractivity contribution is -0.118. The van der Waals surface area contributed by atoms with E-state index in [0.717, 1.165) is 30.8 Å². The van der Waals surface area contributed by atoms with Crippen LogP contribution in [0.4, 0.5) is 5.69 Å². The molecule has 110 valence electrons. The lowest BCUT2D eigenvalue weighted by Gasteiger charge is -2.50. The van der Waals surface area contributed by atoms with Crippen LogP contribution in [0, 0.1) is 0 Å². The molecule has 0 aliphatic carbocycles. The van der Waals surface area contributed by atoms with Crippen LogP contribution < -0.4 is 4.90 Å². The van der Waals surface area contributed by atoms with Crippen molar-refractivity contribution in [2.45, 2.75) is 12.3 Å². The first-order valence-electron chi connectivity index (χ1n) is 7.15. The fourth-order valence-corrected chi connectivity index (χ4v) is 3.08. The summed E-state index contributed by atoms with van der Waals surface area (Å²) < 4.78 is 0. The van der Waals surface area contributed by atoms with E-state index in [4.69, 9.17) is 11.6 Å². The first-order valence-corrected chi connectivity index (χ1v) is 7.52. The van der Waals surface area contributed by atoms with Crippen molar-refractivity contribution in [1.29, 1.82) is 0 Å². The highest BCUT2D eigenvalue weighted by atomic mass is 35.5. The third-order valence-corrected chi connectivity index (χ3v) is 4.34. The summed E-state index contributed by atoms with van der Waals surface area (Å²) in [7, 11) is 1.95. The van der Waals surface area contributed by atoms with Gasteiger partial charge in [-0.1, -0.05) is 41.9 Å². The largest absolute Gasteiger partial charge is 0.355 e. The highest BCUT2D eigenvalue weighted by Gasteiger charge is 2.43. The number of halogens is 1. The summed E-state index contributed by atoms with van der Waals surface area (Å²) in [6.45, 7) is 1.66. The number of nitrogens with zero attached hydrogens (tertiary/aromatic N) is 2. The Morgan fingerprint density at radius 3 is 2.33 bits per heavy atom. The minimum atomic E-state index is -1.13. The molecule has 0 bridgehead atoms. The number of benzene rings is 2. The summed E-state index contributed by atoms with van der Waals surface area (Å²) in [4.78, 5) is 4.02. The van der Waals surface area contributed by atoms with E-state index in [-0.39, 0.29) is 0 Å². The van der Waals surface area contributed by atoms with Gasteiger partial charge in [-0.15, -0.1) is 0 Å². The van der Waals surface area contributed by atoms with Crippen molar-refractivity contribution in [1.82, 2.24) is 4.90 Å². The van der Waals surface area contributed by atoms with Gasteiger partial charge in [0, 0.05) is 29.4 Å². The lowest BCUT2D eigenvalue weighted by atomic mass is 10.0.